The van der Waals surface area contributed by atoms with E-state index in [1.165, 1.54) is 0 Å². The molecule has 1 fully saturated rings. The van der Waals surface area contributed by atoms with E-state index < -0.39 is 11.5 Å². The van der Waals surface area contributed by atoms with Crippen molar-refractivity contribution in [1.82, 2.24) is 10.6 Å². The molecule has 19 heavy (non-hydrogen) atoms. The summed E-state index contributed by atoms with van der Waals surface area (Å²) in [4.78, 5) is 22.9. The van der Waals surface area contributed by atoms with Crippen molar-refractivity contribution in [3.8, 4) is 0 Å². The molecule has 6 nitrogen and oxygen atoms in total. The summed E-state index contributed by atoms with van der Waals surface area (Å²) in [5.41, 5.74) is -0.596. The Balaban J connectivity index is 2.56. The van der Waals surface area contributed by atoms with E-state index in [1.807, 2.05) is 6.92 Å². The third-order valence-electron chi connectivity index (χ3n) is 3.47. The number of hydrogen-bond donors (Lipinski definition) is 3. The molecule has 0 aliphatic heterocycles. The third-order valence-corrected chi connectivity index (χ3v) is 3.47. The number of aliphatic carboxylic acids is 1. The van der Waals surface area contributed by atoms with Gasteiger partial charge in [0.15, 0.2) is 0 Å². The fourth-order valence-corrected chi connectivity index (χ4v) is 2.66. The monoisotopic (exact) mass is 272 g/mol. The molecule has 1 aliphatic rings. The Morgan fingerprint density at radius 2 is 1.95 bits per heavy atom. The molecule has 0 radical (unpaired) electrons. The summed E-state index contributed by atoms with van der Waals surface area (Å²) >= 11 is 0. The van der Waals surface area contributed by atoms with E-state index in [2.05, 4.69) is 10.6 Å². The minimum atomic E-state index is -0.868. The molecule has 0 heterocycles. The van der Waals surface area contributed by atoms with Crippen molar-refractivity contribution in [2.75, 3.05) is 13.7 Å². The molecule has 1 aliphatic carbocycles. The van der Waals surface area contributed by atoms with Gasteiger partial charge in [-0.1, -0.05) is 19.3 Å². The number of carboxylic acid groups (broad SMARTS) is 1. The van der Waals surface area contributed by atoms with E-state index >= 15 is 0 Å². The Bertz CT molecular complexity index is 314. The number of carbonyl (C=O) groups excluding carboxylic acids is 1. The molecule has 0 aromatic rings. The number of carboxylic acids is 1. The van der Waals surface area contributed by atoms with Crippen LogP contribution in [0.5, 0.6) is 0 Å². The minimum Gasteiger partial charge on any atom is -0.481 e. The fraction of sp³-hybridized carbons (Fsp3) is 0.846. The average molecular weight is 272 g/mol. The Morgan fingerprint density at radius 3 is 2.47 bits per heavy atom. The second kappa shape index (κ2) is 7.33. The largest absolute Gasteiger partial charge is 0.481 e. The molecule has 2 amide bonds. The zero-order valence-corrected chi connectivity index (χ0v) is 11.7. The predicted octanol–water partition coefficient (Wildman–Crippen LogP) is 1.50. The number of methoxy groups -OCH3 is 1. The van der Waals surface area contributed by atoms with Crippen LogP contribution in [0.1, 0.15) is 45.4 Å². The van der Waals surface area contributed by atoms with E-state index in [9.17, 15) is 9.59 Å². The molecule has 3 N–H and O–H groups in total. The first-order chi connectivity index (χ1) is 8.97. The van der Waals surface area contributed by atoms with Crippen molar-refractivity contribution in [3.63, 3.8) is 0 Å². The molecule has 1 rings (SSSR count). The lowest BCUT2D eigenvalue weighted by Gasteiger charge is -2.37. The first kappa shape index (κ1) is 15.8. The lowest BCUT2D eigenvalue weighted by Crippen LogP contribution is -2.55. The zero-order chi connectivity index (χ0) is 14.3. The highest BCUT2D eigenvalue weighted by molar-refractivity contribution is 5.77. The van der Waals surface area contributed by atoms with Crippen molar-refractivity contribution in [2.24, 2.45) is 0 Å². The second-order valence-electron chi connectivity index (χ2n) is 5.37. The van der Waals surface area contributed by atoms with Crippen LogP contribution in [0.15, 0.2) is 0 Å². The van der Waals surface area contributed by atoms with Gasteiger partial charge in [0.25, 0.3) is 0 Å². The highest BCUT2D eigenvalue weighted by atomic mass is 16.5. The van der Waals surface area contributed by atoms with Crippen molar-refractivity contribution in [1.29, 1.82) is 0 Å². The number of urea groups is 1. The van der Waals surface area contributed by atoms with Crippen LogP contribution in [0.25, 0.3) is 0 Å². The van der Waals surface area contributed by atoms with Crippen molar-refractivity contribution >= 4 is 12.0 Å². The van der Waals surface area contributed by atoms with Gasteiger partial charge in [-0.05, 0) is 19.8 Å². The smallest absolute Gasteiger partial charge is 0.315 e. The Hall–Kier alpha value is -1.30. The normalized spacial score (nSPS) is 19.5. The van der Waals surface area contributed by atoms with Crippen LogP contribution in [-0.4, -0.2) is 42.4 Å². The molecule has 1 unspecified atom stereocenters. The van der Waals surface area contributed by atoms with Crippen molar-refractivity contribution in [3.05, 3.63) is 0 Å². The lowest BCUT2D eigenvalue weighted by molar-refractivity contribution is -0.139. The number of carbonyl (C=O) groups is 2. The maximum absolute atomic E-state index is 11.9. The van der Waals surface area contributed by atoms with E-state index in [0.29, 0.717) is 6.61 Å². The van der Waals surface area contributed by atoms with E-state index in [0.717, 1.165) is 32.1 Å². The summed E-state index contributed by atoms with van der Waals surface area (Å²) in [5.74, 6) is -0.868. The standard InChI is InChI=1S/C13H24N2O4/c1-10(9-19-2)14-12(18)15-13(8-11(16)17)6-4-3-5-7-13/h10H,3-9H2,1-2H3,(H,16,17)(H2,14,15,18). The van der Waals surface area contributed by atoms with Crippen LogP contribution in [0, 0.1) is 0 Å². The topological polar surface area (TPSA) is 87.7 Å². The van der Waals surface area contributed by atoms with Gasteiger partial charge in [-0.15, -0.1) is 0 Å². The molecule has 110 valence electrons. The Morgan fingerprint density at radius 1 is 1.32 bits per heavy atom. The number of nitrogens with one attached hydrogen (secondary N) is 2. The summed E-state index contributed by atoms with van der Waals surface area (Å²) < 4.78 is 4.95. The van der Waals surface area contributed by atoms with Crippen LogP contribution < -0.4 is 10.6 Å². The van der Waals surface area contributed by atoms with E-state index in [4.69, 9.17) is 9.84 Å². The van der Waals surface area contributed by atoms with Gasteiger partial charge in [0.2, 0.25) is 0 Å². The molecule has 1 saturated carbocycles. The Labute approximate surface area is 113 Å². The van der Waals surface area contributed by atoms with Gasteiger partial charge in [-0.3, -0.25) is 4.79 Å². The molecule has 0 saturated heterocycles. The van der Waals surface area contributed by atoms with E-state index in [1.54, 1.807) is 7.11 Å². The summed E-state index contributed by atoms with van der Waals surface area (Å²) in [5, 5.41) is 14.6. The van der Waals surface area contributed by atoms with Gasteiger partial charge < -0.3 is 20.5 Å². The first-order valence-electron chi connectivity index (χ1n) is 6.77. The van der Waals surface area contributed by atoms with Gasteiger partial charge in [0.05, 0.1) is 24.6 Å². The van der Waals surface area contributed by atoms with Crippen LogP contribution in [-0.2, 0) is 9.53 Å². The van der Waals surface area contributed by atoms with Crippen LogP contribution in [0.4, 0.5) is 4.79 Å². The first-order valence-corrected chi connectivity index (χ1v) is 6.77. The maximum Gasteiger partial charge on any atom is 0.315 e. The van der Waals surface area contributed by atoms with Crippen LogP contribution in [0.2, 0.25) is 0 Å². The highest BCUT2D eigenvalue weighted by Crippen LogP contribution is 2.31. The molecular formula is C13H24N2O4. The summed E-state index contributed by atoms with van der Waals surface area (Å²) in [6, 6.07) is -0.414. The van der Waals surface area contributed by atoms with Crippen LogP contribution in [0.3, 0.4) is 0 Å². The van der Waals surface area contributed by atoms with Gasteiger partial charge in [-0.2, -0.15) is 0 Å². The maximum atomic E-state index is 11.9. The highest BCUT2D eigenvalue weighted by Gasteiger charge is 2.35. The lowest BCUT2D eigenvalue weighted by atomic mass is 9.79. The zero-order valence-electron chi connectivity index (χ0n) is 11.7. The van der Waals surface area contributed by atoms with Gasteiger partial charge in [-0.25, -0.2) is 4.79 Å². The molecule has 1 atom stereocenters. The second-order valence-corrected chi connectivity index (χ2v) is 5.37. The molecule has 0 spiro atoms. The number of rotatable bonds is 6. The number of ether oxygens (including phenoxy) is 1. The number of amides is 2. The Kier molecular flexibility index (Phi) is 6.08. The van der Waals surface area contributed by atoms with Gasteiger partial charge in [0, 0.05) is 7.11 Å². The van der Waals surface area contributed by atoms with Crippen LogP contribution >= 0.6 is 0 Å². The number of hydrogen-bond acceptors (Lipinski definition) is 3. The SMILES string of the molecule is COCC(C)NC(=O)NC1(CC(=O)O)CCCCC1. The predicted molar refractivity (Wildman–Crippen MR) is 71.1 cm³/mol. The van der Waals surface area contributed by atoms with Crippen molar-refractivity contribution < 1.29 is 19.4 Å². The van der Waals surface area contributed by atoms with E-state index in [-0.39, 0.29) is 18.5 Å². The molecule has 0 bridgehead atoms. The molecular weight excluding hydrogens is 248 g/mol. The summed E-state index contributed by atoms with van der Waals surface area (Å²) in [6.45, 7) is 2.27. The quantitative estimate of drug-likeness (QED) is 0.683. The van der Waals surface area contributed by atoms with Gasteiger partial charge in [0.1, 0.15) is 0 Å². The van der Waals surface area contributed by atoms with Crippen molar-refractivity contribution in [2.45, 2.75) is 57.0 Å². The fourth-order valence-electron chi connectivity index (χ4n) is 2.66. The van der Waals surface area contributed by atoms with Gasteiger partial charge >= 0.3 is 12.0 Å². The minimum absolute atomic E-state index is 0.0148. The third kappa shape index (κ3) is 5.46. The molecule has 0 aromatic carbocycles. The molecule has 0 aromatic heterocycles. The molecule has 6 heteroatoms. The average Bonchev–Trinajstić information content (AvgIpc) is 2.28. The summed E-state index contributed by atoms with van der Waals surface area (Å²) in [6.07, 6.45) is 4.46. The summed E-state index contributed by atoms with van der Waals surface area (Å²) in [7, 11) is 1.57.